The first-order valence-corrected chi connectivity index (χ1v) is 6.35. The zero-order valence-electron chi connectivity index (χ0n) is 11.1. The molecule has 0 bridgehead atoms. The molecule has 0 atom stereocenters. The van der Waals surface area contributed by atoms with Gasteiger partial charge in [-0.25, -0.2) is 4.79 Å². The van der Waals surface area contributed by atoms with Gasteiger partial charge < -0.3 is 9.64 Å². The third-order valence-corrected chi connectivity index (χ3v) is 3.23. The third-order valence-electron chi connectivity index (χ3n) is 3.23. The molecule has 1 fully saturated rings. The van der Waals surface area contributed by atoms with Crippen molar-refractivity contribution in [3.63, 3.8) is 0 Å². The molecule has 1 aliphatic carbocycles. The first-order chi connectivity index (χ1) is 8.69. The molecule has 1 rings (SSSR count). The van der Waals surface area contributed by atoms with Crippen molar-refractivity contribution in [1.82, 2.24) is 4.90 Å². The third kappa shape index (κ3) is 4.35. The minimum Gasteiger partial charge on any atom is -0.466 e. The van der Waals surface area contributed by atoms with Crippen molar-refractivity contribution < 1.29 is 14.3 Å². The van der Waals surface area contributed by atoms with Gasteiger partial charge in [0.15, 0.2) is 0 Å². The van der Waals surface area contributed by atoms with Crippen LogP contribution in [0.5, 0.6) is 0 Å². The molecule has 0 aromatic carbocycles. The highest BCUT2D eigenvalue weighted by atomic mass is 16.5. The highest BCUT2D eigenvalue weighted by Crippen LogP contribution is 2.21. The van der Waals surface area contributed by atoms with Gasteiger partial charge in [-0.3, -0.25) is 4.79 Å². The number of allylic oxidation sites excluding steroid dienone is 2. The lowest BCUT2D eigenvalue weighted by Crippen LogP contribution is -2.31. The predicted octanol–water partition coefficient (Wildman–Crippen LogP) is 2.41. The lowest BCUT2D eigenvalue weighted by Gasteiger charge is -2.28. The van der Waals surface area contributed by atoms with Crippen molar-refractivity contribution in [2.24, 2.45) is 0 Å². The van der Waals surface area contributed by atoms with Crippen LogP contribution in [0.2, 0.25) is 0 Å². The van der Waals surface area contributed by atoms with Crippen molar-refractivity contribution in [2.75, 3.05) is 7.11 Å². The molecule has 0 spiro atoms. The molecule has 100 valence electrons. The number of amides is 1. The number of nitrogens with zero attached hydrogens (tertiary/aromatic N) is 1. The van der Waals surface area contributed by atoms with Crippen LogP contribution in [-0.2, 0) is 14.3 Å². The molecule has 1 amide bonds. The first kappa shape index (κ1) is 14.5. The minimum atomic E-state index is -0.352. The first-order valence-electron chi connectivity index (χ1n) is 6.35. The largest absolute Gasteiger partial charge is 0.466 e. The van der Waals surface area contributed by atoms with Gasteiger partial charge in [-0.05, 0) is 25.8 Å². The standard InChI is InChI=1S/C14H21NO3/c1-12(14(17)18-2)7-6-10-15(11-16)13-8-4-3-5-9-13/h6-7,10-11,13H,3-5,8-9H2,1-2H3/b10-6-,12-7+. The minimum absolute atomic E-state index is 0.305. The SMILES string of the molecule is COC(=O)/C(C)=C/C=C\N(C=O)C1CCCCC1. The van der Waals surface area contributed by atoms with E-state index >= 15 is 0 Å². The Bertz CT molecular complexity index is 341. The van der Waals surface area contributed by atoms with E-state index in [0.29, 0.717) is 11.6 Å². The highest BCUT2D eigenvalue weighted by molar-refractivity contribution is 5.87. The van der Waals surface area contributed by atoms with Crippen LogP contribution in [0.15, 0.2) is 23.9 Å². The topological polar surface area (TPSA) is 46.6 Å². The number of ether oxygens (including phenoxy) is 1. The molecule has 4 heteroatoms. The van der Waals surface area contributed by atoms with Gasteiger partial charge in [-0.1, -0.05) is 25.3 Å². The Morgan fingerprint density at radius 2 is 1.94 bits per heavy atom. The summed E-state index contributed by atoms with van der Waals surface area (Å²) in [5.74, 6) is -0.352. The molecule has 4 nitrogen and oxygen atoms in total. The van der Waals surface area contributed by atoms with E-state index in [1.165, 1.54) is 26.4 Å². The highest BCUT2D eigenvalue weighted by Gasteiger charge is 2.17. The average Bonchev–Trinajstić information content (AvgIpc) is 2.43. The van der Waals surface area contributed by atoms with Crippen LogP contribution in [0, 0.1) is 0 Å². The normalized spacial score (nSPS) is 17.8. The Hall–Kier alpha value is -1.58. The number of rotatable bonds is 5. The van der Waals surface area contributed by atoms with Crippen molar-refractivity contribution >= 4 is 12.4 Å². The van der Waals surface area contributed by atoms with Crippen molar-refractivity contribution in [3.8, 4) is 0 Å². The van der Waals surface area contributed by atoms with Gasteiger partial charge in [-0.15, -0.1) is 0 Å². The van der Waals surface area contributed by atoms with Crippen LogP contribution >= 0.6 is 0 Å². The summed E-state index contributed by atoms with van der Waals surface area (Å²) in [5, 5.41) is 0. The number of methoxy groups -OCH3 is 1. The van der Waals surface area contributed by atoms with E-state index in [0.717, 1.165) is 19.3 Å². The summed E-state index contributed by atoms with van der Waals surface area (Å²) in [6.07, 6.45) is 11.7. The smallest absolute Gasteiger partial charge is 0.333 e. The summed E-state index contributed by atoms with van der Waals surface area (Å²) in [7, 11) is 1.35. The maximum Gasteiger partial charge on any atom is 0.333 e. The van der Waals surface area contributed by atoms with Gasteiger partial charge in [0.1, 0.15) is 0 Å². The molecule has 0 N–H and O–H groups in total. The molecular formula is C14H21NO3. The Morgan fingerprint density at radius 1 is 1.28 bits per heavy atom. The Balaban J connectivity index is 2.56. The van der Waals surface area contributed by atoms with E-state index in [1.807, 2.05) is 0 Å². The number of esters is 1. The Morgan fingerprint density at radius 3 is 2.50 bits per heavy atom. The molecule has 18 heavy (non-hydrogen) atoms. The second kappa shape index (κ2) is 7.69. The molecule has 1 saturated carbocycles. The number of carbonyl (C=O) groups is 2. The maximum absolute atomic E-state index is 11.2. The molecule has 0 radical (unpaired) electrons. The number of hydrogen-bond donors (Lipinski definition) is 0. The summed E-state index contributed by atoms with van der Waals surface area (Å²) in [5.41, 5.74) is 0.517. The molecule has 0 unspecified atom stereocenters. The number of carbonyl (C=O) groups excluding carboxylic acids is 2. The van der Waals surface area contributed by atoms with Crippen LogP contribution in [0.4, 0.5) is 0 Å². The van der Waals surface area contributed by atoms with Crippen molar-refractivity contribution in [1.29, 1.82) is 0 Å². The fourth-order valence-corrected chi connectivity index (χ4v) is 2.14. The van der Waals surface area contributed by atoms with Gasteiger partial charge in [0.2, 0.25) is 6.41 Å². The average molecular weight is 251 g/mol. The van der Waals surface area contributed by atoms with Crippen molar-refractivity contribution in [3.05, 3.63) is 23.9 Å². The van der Waals surface area contributed by atoms with Crippen molar-refractivity contribution in [2.45, 2.75) is 45.1 Å². The molecule has 0 aromatic heterocycles. The summed E-state index contributed by atoms with van der Waals surface area (Å²) < 4.78 is 4.59. The summed E-state index contributed by atoms with van der Waals surface area (Å²) >= 11 is 0. The Kier molecular flexibility index (Phi) is 6.19. The zero-order chi connectivity index (χ0) is 13.4. The molecule has 0 saturated heterocycles. The second-order valence-corrected chi connectivity index (χ2v) is 4.53. The van der Waals surface area contributed by atoms with Gasteiger partial charge in [-0.2, -0.15) is 0 Å². The van der Waals surface area contributed by atoms with E-state index < -0.39 is 0 Å². The molecule has 1 aliphatic rings. The monoisotopic (exact) mass is 251 g/mol. The van der Waals surface area contributed by atoms with Crippen LogP contribution in [0.1, 0.15) is 39.0 Å². The van der Waals surface area contributed by atoms with Crippen LogP contribution < -0.4 is 0 Å². The van der Waals surface area contributed by atoms with E-state index in [1.54, 1.807) is 30.2 Å². The molecule has 0 aromatic rings. The fourth-order valence-electron chi connectivity index (χ4n) is 2.14. The van der Waals surface area contributed by atoms with E-state index in [2.05, 4.69) is 4.74 Å². The second-order valence-electron chi connectivity index (χ2n) is 4.53. The van der Waals surface area contributed by atoms with Gasteiger partial charge >= 0.3 is 5.97 Å². The summed E-state index contributed by atoms with van der Waals surface area (Å²) in [4.78, 5) is 23.9. The zero-order valence-corrected chi connectivity index (χ0v) is 11.1. The van der Waals surface area contributed by atoms with Gasteiger partial charge in [0.25, 0.3) is 0 Å². The number of hydrogen-bond acceptors (Lipinski definition) is 3. The van der Waals surface area contributed by atoms with Crippen LogP contribution in [0.3, 0.4) is 0 Å². The summed E-state index contributed by atoms with van der Waals surface area (Å²) in [6, 6.07) is 0.305. The van der Waals surface area contributed by atoms with Crippen LogP contribution in [-0.4, -0.2) is 30.4 Å². The van der Waals surface area contributed by atoms with Gasteiger partial charge in [0, 0.05) is 17.8 Å². The van der Waals surface area contributed by atoms with Gasteiger partial charge in [0.05, 0.1) is 7.11 Å². The molecule has 0 aliphatic heterocycles. The van der Waals surface area contributed by atoms with E-state index in [9.17, 15) is 9.59 Å². The van der Waals surface area contributed by atoms with E-state index in [-0.39, 0.29) is 5.97 Å². The van der Waals surface area contributed by atoms with E-state index in [4.69, 9.17) is 0 Å². The lowest BCUT2D eigenvalue weighted by atomic mass is 9.95. The summed E-state index contributed by atoms with van der Waals surface area (Å²) in [6.45, 7) is 1.68. The lowest BCUT2D eigenvalue weighted by molar-refractivity contribution is -0.136. The maximum atomic E-state index is 11.2. The fraction of sp³-hybridized carbons (Fsp3) is 0.571. The molecular weight excluding hydrogens is 230 g/mol. The molecule has 0 heterocycles. The Labute approximate surface area is 108 Å². The quantitative estimate of drug-likeness (QED) is 0.326. The van der Waals surface area contributed by atoms with Crippen LogP contribution in [0.25, 0.3) is 0 Å². The predicted molar refractivity (Wildman–Crippen MR) is 69.7 cm³/mol.